The summed E-state index contributed by atoms with van der Waals surface area (Å²) in [5.74, 6) is -2.26. The molecule has 0 spiro atoms. The molecular formula is C19H21FN2O4S. The molecule has 2 aliphatic rings. The van der Waals surface area contributed by atoms with Crippen molar-refractivity contribution in [3.63, 3.8) is 0 Å². The summed E-state index contributed by atoms with van der Waals surface area (Å²) in [5.41, 5.74) is 7.08. The largest absolute Gasteiger partial charge is 0.465 e. The van der Waals surface area contributed by atoms with E-state index in [4.69, 9.17) is 10.5 Å². The molecule has 1 heterocycles. The van der Waals surface area contributed by atoms with E-state index >= 15 is 0 Å². The molecule has 1 aromatic rings. The van der Waals surface area contributed by atoms with Gasteiger partial charge < -0.3 is 10.5 Å². The quantitative estimate of drug-likeness (QED) is 0.470. The van der Waals surface area contributed by atoms with Crippen LogP contribution in [-0.4, -0.2) is 30.6 Å². The molecule has 1 aliphatic heterocycles. The number of imide groups is 1. The molecule has 1 unspecified atom stereocenters. The van der Waals surface area contributed by atoms with Gasteiger partial charge in [0.25, 0.3) is 11.8 Å². The zero-order valence-corrected chi connectivity index (χ0v) is 16.0. The average molecular weight is 392 g/mol. The Morgan fingerprint density at radius 1 is 1.26 bits per heavy atom. The number of nitrogens with two attached hydrogens (primary N) is 1. The number of thioether (sulfide) groups is 1. The summed E-state index contributed by atoms with van der Waals surface area (Å²) < 4.78 is 19.7. The predicted octanol–water partition coefficient (Wildman–Crippen LogP) is 3.12. The highest BCUT2D eigenvalue weighted by molar-refractivity contribution is 7.99. The number of esters is 1. The fourth-order valence-corrected chi connectivity index (χ4v) is 4.24. The lowest BCUT2D eigenvalue weighted by Crippen LogP contribution is -2.32. The normalized spacial score (nSPS) is 18.0. The van der Waals surface area contributed by atoms with Crippen molar-refractivity contribution in [2.45, 2.75) is 37.9 Å². The first-order valence-corrected chi connectivity index (χ1v) is 10.1. The smallest absolute Gasteiger partial charge is 0.323 e. The second-order valence-corrected chi connectivity index (χ2v) is 7.35. The lowest BCUT2D eigenvalue weighted by atomic mass is 9.93. The van der Waals surface area contributed by atoms with Crippen LogP contribution < -0.4 is 10.6 Å². The number of halogens is 1. The van der Waals surface area contributed by atoms with Gasteiger partial charge in [0, 0.05) is 22.4 Å². The summed E-state index contributed by atoms with van der Waals surface area (Å²) >= 11 is 1.19. The summed E-state index contributed by atoms with van der Waals surface area (Å²) in [6, 6.07) is 2.36. The number of hydrogen-bond donors (Lipinski definition) is 1. The van der Waals surface area contributed by atoms with Crippen LogP contribution in [0.1, 0.15) is 43.4 Å². The third-order valence-corrected chi connectivity index (χ3v) is 5.72. The molecule has 6 nitrogen and oxygen atoms in total. The molecular weight excluding hydrogens is 371 g/mol. The number of carbonyl (C=O) groups is 3. The van der Waals surface area contributed by atoms with E-state index in [-0.39, 0.29) is 18.0 Å². The first kappa shape index (κ1) is 19.4. The number of rotatable bonds is 5. The Kier molecular flexibility index (Phi) is 5.55. The predicted molar refractivity (Wildman–Crippen MR) is 102 cm³/mol. The molecule has 0 fully saturated rings. The zero-order valence-electron chi connectivity index (χ0n) is 15.2. The Hall–Kier alpha value is -2.35. The molecule has 0 saturated heterocycles. The van der Waals surface area contributed by atoms with Crippen molar-refractivity contribution in [2.24, 2.45) is 0 Å². The SMILES string of the molecule is CCOC(=O)C(SC)c1cc(N2C(=O)C3=C(CCCC3)C2=O)c(F)cc1N. The van der Waals surface area contributed by atoms with Gasteiger partial charge in [-0.15, -0.1) is 11.8 Å². The van der Waals surface area contributed by atoms with E-state index in [2.05, 4.69) is 0 Å². The van der Waals surface area contributed by atoms with Gasteiger partial charge in [0.1, 0.15) is 11.1 Å². The van der Waals surface area contributed by atoms with E-state index < -0.39 is 28.9 Å². The van der Waals surface area contributed by atoms with Crippen molar-refractivity contribution in [3.05, 3.63) is 34.7 Å². The fourth-order valence-electron chi connectivity index (χ4n) is 3.52. The van der Waals surface area contributed by atoms with Gasteiger partial charge in [0.2, 0.25) is 0 Å². The topological polar surface area (TPSA) is 89.7 Å². The van der Waals surface area contributed by atoms with Crippen LogP contribution in [0.15, 0.2) is 23.3 Å². The molecule has 3 rings (SSSR count). The molecule has 1 atom stereocenters. The van der Waals surface area contributed by atoms with Crippen LogP contribution in [0, 0.1) is 5.82 Å². The average Bonchev–Trinajstić information content (AvgIpc) is 2.89. The molecule has 27 heavy (non-hydrogen) atoms. The summed E-state index contributed by atoms with van der Waals surface area (Å²) in [7, 11) is 0. The van der Waals surface area contributed by atoms with Gasteiger partial charge in [-0.3, -0.25) is 14.4 Å². The van der Waals surface area contributed by atoms with Gasteiger partial charge in [-0.2, -0.15) is 0 Å². The van der Waals surface area contributed by atoms with E-state index in [1.54, 1.807) is 13.2 Å². The maximum atomic E-state index is 14.7. The minimum Gasteiger partial charge on any atom is -0.465 e. The molecule has 0 aromatic heterocycles. The van der Waals surface area contributed by atoms with E-state index in [0.717, 1.165) is 23.8 Å². The number of ether oxygens (including phenoxy) is 1. The number of carbonyl (C=O) groups excluding carboxylic acids is 3. The van der Waals surface area contributed by atoms with Crippen molar-refractivity contribution in [3.8, 4) is 0 Å². The Morgan fingerprint density at radius 2 is 1.85 bits per heavy atom. The Labute approximate surface area is 160 Å². The first-order chi connectivity index (χ1) is 12.9. The van der Waals surface area contributed by atoms with Gasteiger partial charge in [-0.25, -0.2) is 9.29 Å². The highest BCUT2D eigenvalue weighted by Gasteiger charge is 2.41. The maximum absolute atomic E-state index is 14.7. The Morgan fingerprint density at radius 3 is 2.37 bits per heavy atom. The van der Waals surface area contributed by atoms with E-state index in [9.17, 15) is 18.8 Å². The van der Waals surface area contributed by atoms with Crippen molar-refractivity contribution in [1.82, 2.24) is 0 Å². The third kappa shape index (κ3) is 3.34. The molecule has 0 bridgehead atoms. The van der Waals surface area contributed by atoms with Gasteiger partial charge in [-0.05, 0) is 51.0 Å². The van der Waals surface area contributed by atoms with Crippen molar-refractivity contribution in [1.29, 1.82) is 0 Å². The van der Waals surface area contributed by atoms with Crippen LogP contribution in [0.5, 0.6) is 0 Å². The monoisotopic (exact) mass is 392 g/mol. The fraction of sp³-hybridized carbons (Fsp3) is 0.421. The molecule has 1 aliphatic carbocycles. The van der Waals surface area contributed by atoms with Crippen LogP contribution in [-0.2, 0) is 19.1 Å². The number of nitrogens with zero attached hydrogens (tertiary/aromatic N) is 1. The molecule has 144 valence electrons. The lowest BCUT2D eigenvalue weighted by Gasteiger charge is -2.21. The van der Waals surface area contributed by atoms with Gasteiger partial charge >= 0.3 is 5.97 Å². The van der Waals surface area contributed by atoms with Crippen molar-refractivity contribution >= 4 is 40.9 Å². The molecule has 2 N–H and O–H groups in total. The summed E-state index contributed by atoms with van der Waals surface area (Å²) in [5, 5.41) is -0.778. The van der Waals surface area contributed by atoms with Crippen LogP contribution in [0.4, 0.5) is 15.8 Å². The van der Waals surface area contributed by atoms with Crippen LogP contribution in [0.2, 0.25) is 0 Å². The summed E-state index contributed by atoms with van der Waals surface area (Å²) in [4.78, 5) is 38.6. The standard InChI is InChI=1S/C19H21FN2O4S/c1-3-26-19(25)16(27-2)12-8-15(13(20)9-14(12)21)22-17(23)10-6-4-5-7-11(10)18(22)24/h8-9,16H,3-7,21H2,1-2H3. The Bertz CT molecular complexity index is 824. The van der Waals surface area contributed by atoms with Crippen LogP contribution >= 0.6 is 11.8 Å². The first-order valence-electron chi connectivity index (χ1n) is 8.79. The number of benzene rings is 1. The van der Waals surface area contributed by atoms with E-state index in [0.29, 0.717) is 29.6 Å². The highest BCUT2D eigenvalue weighted by atomic mass is 32.2. The van der Waals surface area contributed by atoms with Crippen molar-refractivity contribution < 1.29 is 23.5 Å². The zero-order chi connectivity index (χ0) is 19.7. The van der Waals surface area contributed by atoms with Gasteiger partial charge in [0.05, 0.1) is 12.3 Å². The minimum atomic E-state index is -0.778. The number of amides is 2. The third-order valence-electron chi connectivity index (χ3n) is 4.80. The summed E-state index contributed by atoms with van der Waals surface area (Å²) in [6.07, 6.45) is 4.42. The lowest BCUT2D eigenvalue weighted by molar-refractivity contribution is -0.142. The van der Waals surface area contributed by atoms with Gasteiger partial charge in [-0.1, -0.05) is 0 Å². The number of nitrogen functional groups attached to an aromatic ring is 1. The van der Waals surface area contributed by atoms with Gasteiger partial charge in [0.15, 0.2) is 0 Å². The molecule has 0 radical (unpaired) electrons. The van der Waals surface area contributed by atoms with Crippen LogP contribution in [0.25, 0.3) is 0 Å². The molecule has 2 amide bonds. The number of hydrogen-bond acceptors (Lipinski definition) is 6. The highest BCUT2D eigenvalue weighted by Crippen LogP contribution is 2.40. The van der Waals surface area contributed by atoms with Crippen LogP contribution in [0.3, 0.4) is 0 Å². The molecule has 0 saturated carbocycles. The Balaban J connectivity index is 2.03. The maximum Gasteiger partial charge on any atom is 0.323 e. The van der Waals surface area contributed by atoms with E-state index in [1.165, 1.54) is 17.8 Å². The van der Waals surface area contributed by atoms with E-state index in [1.807, 2.05) is 0 Å². The molecule has 8 heteroatoms. The molecule has 1 aromatic carbocycles. The minimum absolute atomic E-state index is 0.0699. The second-order valence-electron chi connectivity index (χ2n) is 6.41. The number of anilines is 2. The second kappa shape index (κ2) is 7.72. The van der Waals surface area contributed by atoms with Crippen molar-refractivity contribution in [2.75, 3.05) is 23.5 Å². The summed E-state index contributed by atoms with van der Waals surface area (Å²) in [6.45, 7) is 1.88.